The molecule has 3 rings (SSSR count). The van der Waals surface area contributed by atoms with Crippen LogP contribution in [0.15, 0.2) is 12.1 Å². The number of hydrogen-bond acceptors (Lipinski definition) is 3. The van der Waals surface area contributed by atoms with E-state index in [0.29, 0.717) is 0 Å². The van der Waals surface area contributed by atoms with Crippen molar-refractivity contribution < 1.29 is 4.79 Å². The van der Waals surface area contributed by atoms with Crippen LogP contribution in [0.2, 0.25) is 39.3 Å². The molecule has 1 aliphatic rings. The van der Waals surface area contributed by atoms with Crippen LogP contribution in [0.25, 0.3) is 9.75 Å². The van der Waals surface area contributed by atoms with Crippen molar-refractivity contribution in [2.45, 2.75) is 39.3 Å². The Hall–Kier alpha value is -0.496. The van der Waals surface area contributed by atoms with Gasteiger partial charge in [0.15, 0.2) is 5.78 Å². The zero-order valence-corrected chi connectivity index (χ0v) is 16.5. The van der Waals surface area contributed by atoms with Crippen molar-refractivity contribution >= 4 is 53.6 Å². The van der Waals surface area contributed by atoms with Crippen molar-refractivity contribution in [1.82, 2.24) is 0 Å². The molecule has 20 heavy (non-hydrogen) atoms. The number of carbonyl (C=O) groups is 1. The van der Waals surface area contributed by atoms with E-state index < -0.39 is 16.1 Å². The van der Waals surface area contributed by atoms with Crippen LogP contribution in [-0.2, 0) is 0 Å². The summed E-state index contributed by atoms with van der Waals surface area (Å²) in [6.45, 7) is 14.1. The zero-order chi connectivity index (χ0) is 14.9. The Balaban J connectivity index is 2.16. The summed E-state index contributed by atoms with van der Waals surface area (Å²) in [6.07, 6.45) is 0. The van der Waals surface area contributed by atoms with E-state index in [1.165, 1.54) is 18.8 Å². The Morgan fingerprint density at radius 1 is 0.750 bits per heavy atom. The molecule has 5 heteroatoms. The van der Waals surface area contributed by atoms with Crippen LogP contribution in [0, 0.1) is 0 Å². The minimum absolute atomic E-state index is 0.261. The maximum Gasteiger partial charge on any atom is 0.196 e. The molecule has 0 bridgehead atoms. The molecule has 2 aromatic rings. The average molecular weight is 337 g/mol. The largest absolute Gasteiger partial charge is 0.289 e. The number of fused-ring (bicyclic) bond motifs is 3. The Labute approximate surface area is 130 Å². The molecule has 0 atom stereocenters. The molecule has 2 aromatic heterocycles. The molecular weight excluding hydrogens is 316 g/mol. The van der Waals surface area contributed by atoms with Gasteiger partial charge in [-0.15, -0.1) is 22.7 Å². The number of hydrogen-bond donors (Lipinski definition) is 0. The summed E-state index contributed by atoms with van der Waals surface area (Å²) in [7, 11) is -2.65. The van der Waals surface area contributed by atoms with E-state index in [0.717, 1.165) is 11.1 Å². The predicted octanol–water partition coefficient (Wildman–Crippen LogP) is 4.11. The highest BCUT2D eigenvalue weighted by atomic mass is 32.1. The lowest BCUT2D eigenvalue weighted by Gasteiger charge is -2.12. The average Bonchev–Trinajstić information content (AvgIpc) is 2.93. The summed E-state index contributed by atoms with van der Waals surface area (Å²) < 4.78 is 2.90. The number of ketones is 1. The van der Waals surface area contributed by atoms with E-state index >= 15 is 0 Å². The van der Waals surface area contributed by atoms with Gasteiger partial charge in [0.05, 0.1) is 25.9 Å². The fourth-order valence-electron chi connectivity index (χ4n) is 2.34. The summed E-state index contributed by atoms with van der Waals surface area (Å²) in [5, 5.41) is 0. The third-order valence-corrected chi connectivity index (χ3v) is 13.2. The summed E-state index contributed by atoms with van der Waals surface area (Å²) >= 11 is 3.73. The highest BCUT2D eigenvalue weighted by molar-refractivity contribution is 7.34. The first-order chi connectivity index (χ1) is 9.09. The van der Waals surface area contributed by atoms with Crippen LogP contribution in [0.1, 0.15) is 15.9 Å². The molecule has 0 unspecified atom stereocenters. The lowest BCUT2D eigenvalue weighted by molar-refractivity contribution is 0.104. The molecule has 0 aliphatic heterocycles. The maximum atomic E-state index is 12.6. The lowest BCUT2D eigenvalue weighted by atomic mass is 10.2. The molecule has 2 heterocycles. The minimum Gasteiger partial charge on any atom is -0.289 e. The molecule has 0 N–H and O–H groups in total. The van der Waals surface area contributed by atoms with Crippen LogP contribution in [0.5, 0.6) is 0 Å². The Bertz CT molecular complexity index is 651. The summed E-state index contributed by atoms with van der Waals surface area (Å²) in [4.78, 5) is 15.1. The third kappa shape index (κ3) is 2.11. The minimum atomic E-state index is -1.33. The lowest BCUT2D eigenvalue weighted by Crippen LogP contribution is -2.35. The van der Waals surface area contributed by atoms with Crippen LogP contribution < -0.4 is 9.00 Å². The van der Waals surface area contributed by atoms with Crippen molar-refractivity contribution in [2.24, 2.45) is 0 Å². The number of carbonyl (C=O) groups excluding carboxylic acids is 1. The number of thiophene rings is 2. The molecule has 0 radical (unpaired) electrons. The molecule has 0 saturated heterocycles. The molecule has 0 fully saturated rings. The Morgan fingerprint density at radius 2 is 1.10 bits per heavy atom. The molecule has 0 aromatic carbocycles. The normalized spacial score (nSPS) is 14.6. The standard InChI is InChI=1S/C15H20OS2Si2/c1-19(2,3)11-7-9-13(16)10-8-12(20(4,5)6)18-15(10)14(9)17-11/h7-8H,1-6H3. The third-order valence-electron chi connectivity index (χ3n) is 3.64. The van der Waals surface area contributed by atoms with Crippen LogP contribution in [0.3, 0.4) is 0 Å². The topological polar surface area (TPSA) is 17.1 Å². The van der Waals surface area contributed by atoms with Crippen molar-refractivity contribution in [1.29, 1.82) is 0 Å². The summed E-state index contributed by atoms with van der Waals surface area (Å²) in [6, 6.07) is 4.35. The summed E-state index contributed by atoms with van der Waals surface area (Å²) in [5.41, 5.74) is 1.94. The van der Waals surface area contributed by atoms with Gasteiger partial charge in [0.2, 0.25) is 0 Å². The van der Waals surface area contributed by atoms with E-state index in [9.17, 15) is 4.79 Å². The van der Waals surface area contributed by atoms with Gasteiger partial charge in [0.25, 0.3) is 0 Å². The first-order valence-corrected chi connectivity index (χ1v) is 15.6. The molecule has 0 spiro atoms. The highest BCUT2D eigenvalue weighted by Crippen LogP contribution is 2.43. The fraction of sp³-hybridized carbons (Fsp3) is 0.400. The second-order valence-corrected chi connectivity index (χ2v) is 20.4. The van der Waals surface area contributed by atoms with Gasteiger partial charge >= 0.3 is 0 Å². The SMILES string of the molecule is C[Si](C)(C)c1cc2c(s1)-c1sc([Si](C)(C)C)cc1C2=O. The maximum absolute atomic E-state index is 12.6. The second-order valence-electron chi connectivity index (χ2n) is 7.54. The fourth-order valence-corrected chi connectivity index (χ4v) is 8.53. The van der Waals surface area contributed by atoms with Crippen LogP contribution in [-0.4, -0.2) is 21.9 Å². The monoisotopic (exact) mass is 336 g/mol. The first-order valence-electron chi connectivity index (χ1n) is 6.93. The van der Waals surface area contributed by atoms with E-state index in [1.54, 1.807) is 0 Å². The van der Waals surface area contributed by atoms with Gasteiger partial charge in [-0.3, -0.25) is 4.79 Å². The summed E-state index contributed by atoms with van der Waals surface area (Å²) in [5.74, 6) is 0.261. The number of rotatable bonds is 2. The van der Waals surface area contributed by atoms with Crippen LogP contribution >= 0.6 is 22.7 Å². The Kier molecular flexibility index (Phi) is 3.07. The van der Waals surface area contributed by atoms with E-state index in [2.05, 4.69) is 51.4 Å². The predicted molar refractivity (Wildman–Crippen MR) is 97.0 cm³/mol. The molecule has 1 nitrogen and oxygen atoms in total. The molecule has 106 valence electrons. The zero-order valence-electron chi connectivity index (χ0n) is 12.9. The van der Waals surface area contributed by atoms with Crippen molar-refractivity contribution in [3.8, 4) is 9.75 Å². The molecule has 0 saturated carbocycles. The van der Waals surface area contributed by atoms with Crippen molar-refractivity contribution in [3.05, 3.63) is 23.3 Å². The first kappa shape index (κ1) is 14.4. The van der Waals surface area contributed by atoms with Gasteiger partial charge in [-0.2, -0.15) is 0 Å². The van der Waals surface area contributed by atoms with E-state index in [1.807, 2.05) is 22.7 Å². The second kappa shape index (κ2) is 4.25. The van der Waals surface area contributed by atoms with Gasteiger partial charge in [-0.05, 0) is 21.1 Å². The van der Waals surface area contributed by atoms with Gasteiger partial charge < -0.3 is 0 Å². The van der Waals surface area contributed by atoms with Gasteiger partial charge in [-0.1, -0.05) is 39.3 Å². The van der Waals surface area contributed by atoms with E-state index in [-0.39, 0.29) is 5.78 Å². The van der Waals surface area contributed by atoms with Crippen LogP contribution in [0.4, 0.5) is 0 Å². The highest BCUT2D eigenvalue weighted by Gasteiger charge is 2.35. The molecular formula is C15H20OS2Si2. The quantitative estimate of drug-likeness (QED) is 0.644. The molecule has 0 amide bonds. The van der Waals surface area contributed by atoms with Crippen molar-refractivity contribution in [2.75, 3.05) is 0 Å². The Morgan fingerprint density at radius 3 is 1.40 bits per heavy atom. The van der Waals surface area contributed by atoms with Crippen molar-refractivity contribution in [3.63, 3.8) is 0 Å². The van der Waals surface area contributed by atoms with Gasteiger partial charge in [0, 0.05) is 11.1 Å². The van der Waals surface area contributed by atoms with E-state index in [4.69, 9.17) is 0 Å². The van der Waals surface area contributed by atoms with Gasteiger partial charge in [-0.25, -0.2) is 0 Å². The molecule has 1 aliphatic carbocycles. The van der Waals surface area contributed by atoms with Gasteiger partial charge in [0.1, 0.15) is 0 Å². The smallest absolute Gasteiger partial charge is 0.196 e.